The van der Waals surface area contributed by atoms with E-state index in [4.69, 9.17) is 14.2 Å². The van der Waals surface area contributed by atoms with E-state index >= 15 is 0 Å². The van der Waals surface area contributed by atoms with Crippen molar-refractivity contribution in [1.82, 2.24) is 35.7 Å². The first kappa shape index (κ1) is 70.0. The minimum Gasteiger partial charge on any atom is -0.455 e. The fourth-order valence-electron chi connectivity index (χ4n) is 11.2. The Morgan fingerprint density at radius 3 is 1.93 bits per heavy atom. The van der Waals surface area contributed by atoms with E-state index in [1.807, 2.05) is 121 Å². The Kier molecular flexibility index (Phi) is 29.8. The third kappa shape index (κ3) is 20.2. The van der Waals surface area contributed by atoms with E-state index < -0.39 is 60.4 Å². The number of unbranched alkanes of at least 4 members (excludes halogenated alkanes) is 3. The summed E-state index contributed by atoms with van der Waals surface area (Å²) in [5.74, 6) is -3.32. The second-order valence-electron chi connectivity index (χ2n) is 22.7. The molecule has 2 aliphatic heterocycles. The van der Waals surface area contributed by atoms with Crippen LogP contribution in [0.15, 0.2) is 77.9 Å². The van der Waals surface area contributed by atoms with Gasteiger partial charge in [0.2, 0.25) is 29.5 Å². The molecular weight excluding hydrogens is 1040 g/mol. The molecule has 0 bridgehead atoms. The molecule has 3 N–H and O–H groups in total. The highest BCUT2D eigenvalue weighted by Crippen LogP contribution is 2.31. The molecule has 19 nitrogen and oxygen atoms in total. The SMILES string of the molecule is C.CC[C@H](C)[C@@H]([C@@H](CC(=O)N1CCC[C@H]1[C@H](OC)[C@@H](C)C(=O)N[C@H](C)C(OC(=O)CCCC/C(=N/NC(=O)CCCCCN1C(=O)C=CC1=O)c1ccccc1)c1ccccc1)OC)N(C)C(=O)[C@@H](NC(=O)[C@H](C(C)C)N(C)C)C(C)C. The lowest BCUT2D eigenvalue weighted by molar-refractivity contribution is -0.152. The third-order valence-electron chi connectivity index (χ3n) is 15.8. The zero-order valence-electron chi connectivity index (χ0n) is 50.5. The number of likely N-dealkylation sites (tertiary alicyclic amines) is 1. The van der Waals surface area contributed by atoms with Crippen LogP contribution >= 0.6 is 0 Å². The number of amides is 7. The smallest absolute Gasteiger partial charge is 0.306 e. The number of hydrogen-bond donors (Lipinski definition) is 3. The van der Waals surface area contributed by atoms with Gasteiger partial charge in [0.15, 0.2) is 0 Å². The molecule has 1 fully saturated rings. The standard InChI is InChI=1S/C62H94N8O11.CH4/c1-14-42(6)57(68(11)62(78)55(40(2)3)64-61(77)56(41(4)5)67(9)10)49(79-12)39-53(74)69-38-26-32-48(69)58(80-13)43(7)60(76)63-44(8)59(46-29-20-16-21-30-46)81-54(75)34-24-23-31-47(45-27-18-15-19-28-45)65-66-50(71)33-22-17-25-37-70-51(72)35-36-52(70)73;/h15-16,18-21,27-30,35-36,40-44,48-49,55-59H,14,17,22-26,31-34,37-39H2,1-13H3,(H,63,76)(H,64,77)(H,66,71);1H4/b65-47-;/t42-,43+,44+,48-,49+,55-,56-,57-,58+,59?;/m0./s1. The van der Waals surface area contributed by atoms with Crippen molar-refractivity contribution in [1.29, 1.82) is 0 Å². The number of esters is 1. The lowest BCUT2D eigenvalue weighted by Gasteiger charge is -2.41. The molecule has 0 saturated carbocycles. The monoisotopic (exact) mass is 1140 g/mol. The Labute approximate surface area is 489 Å². The highest BCUT2D eigenvalue weighted by atomic mass is 16.5. The predicted molar refractivity (Wildman–Crippen MR) is 319 cm³/mol. The van der Waals surface area contributed by atoms with Gasteiger partial charge < -0.3 is 34.6 Å². The molecule has 19 heteroatoms. The fourth-order valence-corrected chi connectivity index (χ4v) is 11.2. The fraction of sp³-hybridized carbons (Fsp3) is 0.635. The number of nitrogens with zero attached hydrogens (tertiary/aromatic N) is 5. The number of hydrazone groups is 1. The molecule has 82 heavy (non-hydrogen) atoms. The number of rotatable bonds is 34. The number of methoxy groups -OCH3 is 2. The minimum atomic E-state index is -0.823. The summed E-state index contributed by atoms with van der Waals surface area (Å²) in [7, 11) is 8.50. The summed E-state index contributed by atoms with van der Waals surface area (Å²) in [6.07, 6.45) is 5.97. The first-order valence-electron chi connectivity index (χ1n) is 29.1. The van der Waals surface area contributed by atoms with Crippen molar-refractivity contribution in [3.05, 3.63) is 83.9 Å². The van der Waals surface area contributed by atoms with Crippen LogP contribution in [0.3, 0.4) is 0 Å². The van der Waals surface area contributed by atoms with Gasteiger partial charge in [0.25, 0.3) is 11.8 Å². The van der Waals surface area contributed by atoms with Gasteiger partial charge in [-0.1, -0.05) is 129 Å². The number of carbonyl (C=O) groups excluding carboxylic acids is 8. The van der Waals surface area contributed by atoms with Crippen LogP contribution in [-0.2, 0) is 52.6 Å². The third-order valence-corrected chi connectivity index (χ3v) is 15.8. The van der Waals surface area contributed by atoms with Crippen LogP contribution in [0.1, 0.15) is 157 Å². The average Bonchev–Trinajstić information content (AvgIpc) is 4.18. The van der Waals surface area contributed by atoms with Gasteiger partial charge in [-0.05, 0) is 94.8 Å². The average molecular weight is 1140 g/mol. The normalized spacial score (nSPS) is 17.8. The predicted octanol–water partition coefficient (Wildman–Crippen LogP) is 7.63. The number of carbonyl (C=O) groups is 8. The summed E-state index contributed by atoms with van der Waals surface area (Å²) in [4.78, 5) is 113. The Morgan fingerprint density at radius 2 is 1.35 bits per heavy atom. The van der Waals surface area contributed by atoms with Crippen molar-refractivity contribution in [2.45, 2.75) is 188 Å². The van der Waals surface area contributed by atoms with Gasteiger partial charge >= 0.3 is 5.97 Å². The molecule has 0 radical (unpaired) electrons. The zero-order chi connectivity index (χ0) is 59.9. The molecule has 10 atom stereocenters. The molecule has 2 aromatic rings. The van der Waals surface area contributed by atoms with Crippen molar-refractivity contribution >= 4 is 53.0 Å². The van der Waals surface area contributed by atoms with Crippen LogP contribution in [0, 0.1) is 23.7 Å². The molecule has 2 heterocycles. The second-order valence-corrected chi connectivity index (χ2v) is 22.7. The Balaban J connectivity index is 0.0000176. The molecule has 1 saturated heterocycles. The maximum atomic E-state index is 14.5. The zero-order valence-corrected chi connectivity index (χ0v) is 50.5. The number of nitrogens with one attached hydrogen (secondary N) is 3. The van der Waals surface area contributed by atoms with Crippen molar-refractivity contribution in [2.75, 3.05) is 48.5 Å². The largest absolute Gasteiger partial charge is 0.455 e. The molecule has 456 valence electrons. The molecular formula is C63H98N8O11. The van der Waals surface area contributed by atoms with Crippen molar-refractivity contribution in [3.63, 3.8) is 0 Å². The van der Waals surface area contributed by atoms with Crippen LogP contribution in [0.2, 0.25) is 0 Å². The summed E-state index contributed by atoms with van der Waals surface area (Å²) < 4.78 is 18.3. The van der Waals surface area contributed by atoms with Gasteiger partial charge in [0.1, 0.15) is 12.1 Å². The topological polar surface area (TPSA) is 226 Å². The number of likely N-dealkylation sites (N-methyl/N-ethyl adjacent to an activating group) is 2. The van der Waals surface area contributed by atoms with Gasteiger partial charge in [-0.15, -0.1) is 0 Å². The van der Waals surface area contributed by atoms with E-state index in [-0.39, 0.29) is 85.8 Å². The summed E-state index contributed by atoms with van der Waals surface area (Å²) in [5, 5.41) is 10.6. The van der Waals surface area contributed by atoms with E-state index in [1.165, 1.54) is 24.2 Å². The molecule has 0 aromatic heterocycles. The Morgan fingerprint density at radius 1 is 0.744 bits per heavy atom. The van der Waals surface area contributed by atoms with Crippen molar-refractivity contribution < 1.29 is 52.6 Å². The highest BCUT2D eigenvalue weighted by Gasteiger charge is 2.44. The first-order chi connectivity index (χ1) is 38.6. The van der Waals surface area contributed by atoms with Gasteiger partial charge in [0.05, 0.1) is 54.4 Å². The quantitative estimate of drug-likeness (QED) is 0.0202. The summed E-state index contributed by atoms with van der Waals surface area (Å²) >= 11 is 0. The van der Waals surface area contributed by atoms with Gasteiger partial charge in [-0.3, -0.25) is 48.2 Å². The summed E-state index contributed by atoms with van der Waals surface area (Å²) in [6.45, 7) is 16.1. The van der Waals surface area contributed by atoms with Crippen LogP contribution in [-0.4, -0.2) is 164 Å². The van der Waals surface area contributed by atoms with E-state index in [2.05, 4.69) is 21.2 Å². The molecule has 2 aliphatic rings. The van der Waals surface area contributed by atoms with Crippen LogP contribution < -0.4 is 16.1 Å². The van der Waals surface area contributed by atoms with Crippen LogP contribution in [0.4, 0.5) is 0 Å². The highest BCUT2D eigenvalue weighted by molar-refractivity contribution is 6.12. The van der Waals surface area contributed by atoms with Gasteiger partial charge in [-0.2, -0.15) is 5.10 Å². The second kappa shape index (κ2) is 35.0. The van der Waals surface area contributed by atoms with Crippen LogP contribution in [0.5, 0.6) is 0 Å². The molecule has 4 rings (SSSR count). The van der Waals surface area contributed by atoms with Crippen molar-refractivity contribution in [2.24, 2.45) is 28.8 Å². The van der Waals surface area contributed by atoms with Crippen molar-refractivity contribution in [3.8, 4) is 0 Å². The van der Waals surface area contributed by atoms with E-state index in [0.717, 1.165) is 5.56 Å². The number of hydrogen-bond acceptors (Lipinski definition) is 13. The molecule has 2 aromatic carbocycles. The van der Waals surface area contributed by atoms with E-state index in [1.54, 1.807) is 37.8 Å². The first-order valence-corrected chi connectivity index (χ1v) is 29.1. The van der Waals surface area contributed by atoms with Gasteiger partial charge in [-0.25, -0.2) is 5.43 Å². The lowest BCUT2D eigenvalue weighted by Crippen LogP contribution is -2.59. The lowest BCUT2D eigenvalue weighted by atomic mass is 9.89. The number of ether oxygens (including phenoxy) is 3. The number of benzene rings is 2. The van der Waals surface area contributed by atoms with Gasteiger partial charge in [0, 0.05) is 59.4 Å². The summed E-state index contributed by atoms with van der Waals surface area (Å²) in [5.41, 5.74) is 4.87. The maximum Gasteiger partial charge on any atom is 0.306 e. The molecule has 1 unspecified atom stereocenters. The van der Waals surface area contributed by atoms with Crippen LogP contribution in [0.25, 0.3) is 0 Å². The molecule has 0 aliphatic carbocycles. The van der Waals surface area contributed by atoms with E-state index in [0.29, 0.717) is 82.2 Å². The Bertz CT molecular complexity index is 2410. The molecule has 7 amide bonds. The number of imide groups is 1. The Hall–Kier alpha value is -6.31. The maximum absolute atomic E-state index is 14.5. The van der Waals surface area contributed by atoms with E-state index in [9.17, 15) is 38.4 Å². The molecule has 0 spiro atoms. The summed E-state index contributed by atoms with van der Waals surface area (Å²) in [6, 6.07) is 15.9. The minimum absolute atomic E-state index is 0.